The maximum absolute atomic E-state index is 15.2. The van der Waals surface area contributed by atoms with Crippen LogP contribution < -0.4 is 10.2 Å². The number of ether oxygens (including phenoxy) is 1. The number of nitrogens with one attached hydrogen (secondary N) is 1. The molecule has 1 amide bonds. The zero-order chi connectivity index (χ0) is 19.3. The highest BCUT2D eigenvalue weighted by atomic mass is 32.1. The van der Waals surface area contributed by atoms with Crippen LogP contribution in [0.5, 0.6) is 0 Å². The average Bonchev–Trinajstić information content (AvgIpc) is 3.36. The van der Waals surface area contributed by atoms with Crippen molar-refractivity contribution in [3.05, 3.63) is 23.6 Å². The summed E-state index contributed by atoms with van der Waals surface area (Å²) >= 11 is 1.07. The number of piperidine rings is 3. The highest BCUT2D eigenvalue weighted by Crippen LogP contribution is 2.34. The van der Waals surface area contributed by atoms with E-state index in [-0.39, 0.29) is 23.9 Å². The van der Waals surface area contributed by atoms with Crippen LogP contribution in [0.15, 0.2) is 12.1 Å². The van der Waals surface area contributed by atoms with Gasteiger partial charge >= 0.3 is 0 Å². The molecule has 1 aromatic carbocycles. The lowest BCUT2D eigenvalue weighted by atomic mass is 9.84. The molecule has 2 bridgehead atoms. The van der Waals surface area contributed by atoms with Crippen LogP contribution in [0.4, 0.5) is 10.1 Å². The van der Waals surface area contributed by atoms with Gasteiger partial charge in [0.15, 0.2) is 5.82 Å². The fourth-order valence-electron chi connectivity index (χ4n) is 4.87. The number of aromatic nitrogens is 1. The highest BCUT2D eigenvalue weighted by Gasteiger charge is 2.35. The third-order valence-corrected chi connectivity index (χ3v) is 7.42. The number of anilines is 1. The third kappa shape index (κ3) is 3.07. The Morgan fingerprint density at radius 2 is 2.07 bits per heavy atom. The van der Waals surface area contributed by atoms with Gasteiger partial charge < -0.3 is 19.9 Å². The van der Waals surface area contributed by atoms with E-state index in [9.17, 15) is 4.79 Å². The number of methoxy groups -OCH3 is 1. The summed E-state index contributed by atoms with van der Waals surface area (Å²) in [4.78, 5) is 17.3. The van der Waals surface area contributed by atoms with Crippen molar-refractivity contribution in [3.8, 4) is 0 Å². The van der Waals surface area contributed by atoms with E-state index in [0.29, 0.717) is 33.9 Å². The maximum Gasteiger partial charge on any atom is 0.271 e. The minimum absolute atomic E-state index is 0.138. The van der Waals surface area contributed by atoms with Gasteiger partial charge in [-0.25, -0.2) is 4.39 Å². The van der Waals surface area contributed by atoms with Gasteiger partial charge in [-0.2, -0.15) is 4.37 Å². The third-order valence-electron chi connectivity index (χ3n) is 6.57. The molecule has 2 aromatic rings. The SMILES string of the molecule is CO[C@@H]1CCN(c2ccc3c(C(=O)NC4CN5CCC4CC5)nsc3c2F)C1. The van der Waals surface area contributed by atoms with E-state index in [0.717, 1.165) is 57.0 Å². The molecular formula is C20H25FN4O2S. The summed E-state index contributed by atoms with van der Waals surface area (Å²) in [7, 11) is 1.69. The van der Waals surface area contributed by atoms with Crippen molar-refractivity contribution in [2.75, 3.05) is 44.7 Å². The molecule has 8 heteroatoms. The van der Waals surface area contributed by atoms with E-state index in [2.05, 4.69) is 14.6 Å². The summed E-state index contributed by atoms with van der Waals surface area (Å²) in [5, 5.41) is 3.77. The normalized spacial score (nSPS) is 29.6. The van der Waals surface area contributed by atoms with Gasteiger partial charge in [-0.1, -0.05) is 0 Å². The molecule has 0 saturated carbocycles. The quantitative estimate of drug-likeness (QED) is 0.849. The Morgan fingerprint density at radius 1 is 1.25 bits per heavy atom. The van der Waals surface area contributed by atoms with Crippen molar-refractivity contribution in [1.82, 2.24) is 14.6 Å². The molecule has 150 valence electrons. The van der Waals surface area contributed by atoms with E-state index < -0.39 is 0 Å². The van der Waals surface area contributed by atoms with Crippen molar-refractivity contribution in [3.63, 3.8) is 0 Å². The van der Waals surface area contributed by atoms with E-state index >= 15 is 4.39 Å². The summed E-state index contributed by atoms with van der Waals surface area (Å²) in [5.41, 5.74) is 0.915. The number of carbonyl (C=O) groups excluding carboxylic acids is 1. The fraction of sp³-hybridized carbons (Fsp3) is 0.600. The van der Waals surface area contributed by atoms with Crippen molar-refractivity contribution >= 4 is 33.2 Å². The second-order valence-electron chi connectivity index (χ2n) is 8.12. The minimum Gasteiger partial charge on any atom is -0.380 e. The van der Waals surface area contributed by atoms with Crippen molar-refractivity contribution in [1.29, 1.82) is 0 Å². The topological polar surface area (TPSA) is 57.7 Å². The molecule has 4 aliphatic heterocycles. The molecule has 0 spiro atoms. The summed E-state index contributed by atoms with van der Waals surface area (Å²) in [5.74, 6) is 0.0810. The molecule has 2 atom stereocenters. The molecule has 28 heavy (non-hydrogen) atoms. The summed E-state index contributed by atoms with van der Waals surface area (Å²) in [6, 6.07) is 3.78. The maximum atomic E-state index is 15.2. The Hall–Kier alpha value is -1.77. The number of hydrogen-bond acceptors (Lipinski definition) is 6. The number of nitrogens with zero attached hydrogens (tertiary/aromatic N) is 3. The molecule has 6 nitrogen and oxygen atoms in total. The van der Waals surface area contributed by atoms with Crippen LogP contribution in [0, 0.1) is 11.7 Å². The fourth-order valence-corrected chi connectivity index (χ4v) is 5.69. The van der Waals surface area contributed by atoms with Crippen LogP contribution >= 0.6 is 11.5 Å². The first kappa shape index (κ1) is 18.3. The molecule has 1 aromatic heterocycles. The number of benzene rings is 1. The standard InChI is InChI=1S/C20H25FN4O2S/c1-27-13-6-9-25(10-13)16-3-2-14-18(23-28-19(14)17(16)21)20(26)22-15-11-24-7-4-12(15)5-8-24/h2-3,12-13,15H,4-11H2,1H3,(H,22,26)/t13-,15?/m1/s1. The molecule has 6 rings (SSSR count). The zero-order valence-corrected chi connectivity index (χ0v) is 16.8. The summed E-state index contributed by atoms with van der Waals surface area (Å²) in [6.07, 6.45) is 3.31. The molecule has 0 aliphatic carbocycles. The van der Waals surface area contributed by atoms with Crippen molar-refractivity contribution in [2.24, 2.45) is 5.92 Å². The van der Waals surface area contributed by atoms with Gasteiger partial charge in [0.05, 0.1) is 16.5 Å². The average molecular weight is 405 g/mol. The monoisotopic (exact) mass is 404 g/mol. The lowest BCUT2D eigenvalue weighted by Crippen LogP contribution is -2.57. The first-order valence-electron chi connectivity index (χ1n) is 10.0. The van der Waals surface area contributed by atoms with Crippen LogP contribution in [-0.4, -0.2) is 67.2 Å². The molecular weight excluding hydrogens is 379 g/mol. The molecule has 5 heterocycles. The lowest BCUT2D eigenvalue weighted by Gasteiger charge is -2.44. The van der Waals surface area contributed by atoms with E-state index in [1.807, 2.05) is 11.0 Å². The second-order valence-corrected chi connectivity index (χ2v) is 8.89. The Bertz CT molecular complexity index is 896. The van der Waals surface area contributed by atoms with Crippen LogP contribution in [0.25, 0.3) is 10.1 Å². The Balaban J connectivity index is 1.37. The van der Waals surface area contributed by atoms with Gasteiger partial charge in [0.25, 0.3) is 5.91 Å². The molecule has 1 unspecified atom stereocenters. The molecule has 4 saturated heterocycles. The van der Waals surface area contributed by atoms with Crippen LogP contribution in [0.2, 0.25) is 0 Å². The highest BCUT2D eigenvalue weighted by molar-refractivity contribution is 7.13. The molecule has 0 radical (unpaired) electrons. The predicted molar refractivity (Wildman–Crippen MR) is 108 cm³/mol. The number of amides is 1. The Labute approximate surface area is 167 Å². The lowest BCUT2D eigenvalue weighted by molar-refractivity contribution is 0.0619. The van der Waals surface area contributed by atoms with Gasteiger partial charge in [0.2, 0.25) is 0 Å². The van der Waals surface area contributed by atoms with Gasteiger partial charge in [-0.05, 0) is 61.9 Å². The van der Waals surface area contributed by atoms with E-state index in [1.165, 1.54) is 0 Å². The Kier molecular flexibility index (Phi) is 4.72. The van der Waals surface area contributed by atoms with Crippen LogP contribution in [-0.2, 0) is 4.74 Å². The van der Waals surface area contributed by atoms with Gasteiger partial charge in [0, 0.05) is 38.2 Å². The second kappa shape index (κ2) is 7.24. The van der Waals surface area contributed by atoms with Crippen molar-refractivity contribution < 1.29 is 13.9 Å². The number of fused-ring (bicyclic) bond motifs is 4. The zero-order valence-electron chi connectivity index (χ0n) is 16.0. The van der Waals surface area contributed by atoms with Gasteiger partial charge in [-0.3, -0.25) is 4.79 Å². The number of hydrogen-bond donors (Lipinski definition) is 1. The van der Waals surface area contributed by atoms with E-state index in [4.69, 9.17) is 4.74 Å². The minimum atomic E-state index is -0.284. The summed E-state index contributed by atoms with van der Waals surface area (Å²) in [6.45, 7) is 4.63. The number of halogens is 1. The molecule has 1 N–H and O–H groups in total. The number of rotatable bonds is 4. The van der Waals surface area contributed by atoms with E-state index in [1.54, 1.807) is 13.2 Å². The number of carbonyl (C=O) groups is 1. The predicted octanol–water partition coefficient (Wildman–Crippen LogP) is 2.48. The molecule has 4 fully saturated rings. The van der Waals surface area contributed by atoms with Crippen molar-refractivity contribution in [2.45, 2.75) is 31.4 Å². The largest absolute Gasteiger partial charge is 0.380 e. The van der Waals surface area contributed by atoms with Gasteiger partial charge in [0.1, 0.15) is 5.69 Å². The van der Waals surface area contributed by atoms with Gasteiger partial charge in [-0.15, -0.1) is 0 Å². The first-order valence-corrected chi connectivity index (χ1v) is 10.8. The molecule has 4 aliphatic rings. The smallest absolute Gasteiger partial charge is 0.271 e. The summed E-state index contributed by atoms with van der Waals surface area (Å²) < 4.78 is 25.3. The Morgan fingerprint density at radius 3 is 2.75 bits per heavy atom. The van der Waals surface area contributed by atoms with Crippen LogP contribution in [0.1, 0.15) is 29.8 Å². The van der Waals surface area contributed by atoms with Crippen LogP contribution in [0.3, 0.4) is 0 Å². The first-order chi connectivity index (χ1) is 13.6.